The van der Waals surface area contributed by atoms with Gasteiger partial charge in [0, 0.05) is 32.3 Å². The van der Waals surface area contributed by atoms with E-state index in [-0.39, 0.29) is 16.9 Å². The van der Waals surface area contributed by atoms with Crippen LogP contribution in [0.1, 0.15) is 0 Å². The number of H-pyrrole nitrogens is 6. The topological polar surface area (TPSA) is 338 Å². The monoisotopic (exact) mass is 838 g/mol. The number of rotatable bonds is 4. The summed E-state index contributed by atoms with van der Waals surface area (Å²) in [7, 11) is -24.5. The molecule has 0 fully saturated rings. The first-order valence-corrected chi connectivity index (χ1v) is 21.5. The molecule has 0 aliphatic heterocycles. The molecule has 9 aromatic rings. The second-order valence-electron chi connectivity index (χ2n) is 12.5. The molecule has 5 heterocycles. The van der Waals surface area contributed by atoms with Crippen molar-refractivity contribution in [1.82, 2.24) is 39.9 Å². The minimum atomic E-state index is -6.21. The quantitative estimate of drug-likeness (QED) is 0.105. The molecule has 20 nitrogen and oxygen atoms in total. The number of hydrogen-bond donors (Lipinski definition) is 10. The van der Waals surface area contributed by atoms with Crippen molar-refractivity contribution in [1.29, 1.82) is 0 Å². The molecule has 4 aromatic carbocycles. The summed E-state index contributed by atoms with van der Waals surface area (Å²) in [5.41, 5.74) is -0.0692. The average molecular weight is 839 g/mol. The molecule has 24 heteroatoms. The maximum absolute atomic E-state index is 13.2. The number of benzene rings is 4. The SMILES string of the molecule is O=S(=O)(O)c1c(S(=O)(=O)O)c(S(=O)(=O)O)c2c3[nH]c(nc4[nH]c(nc5[nH]c([nH]c6[nH]c([nH]3)c3ccccc63)c3ccccc53)c3ccccc43)c2c1S(=O)(=O)O. The van der Waals surface area contributed by atoms with E-state index in [1.54, 1.807) is 48.5 Å². The number of hydrogen-bond acceptors (Lipinski definition) is 10. The number of nitrogens with one attached hydrogen (secondary N) is 6. The minimum absolute atomic E-state index is 0.0280. The lowest BCUT2D eigenvalue weighted by molar-refractivity contribution is 0.449. The molecule has 0 aliphatic rings. The van der Waals surface area contributed by atoms with Gasteiger partial charge in [-0.25, -0.2) is 9.97 Å². The molecule has 286 valence electrons. The summed E-state index contributed by atoms with van der Waals surface area (Å²) in [4.78, 5) is 19.1. The first-order valence-electron chi connectivity index (χ1n) is 15.8. The molecular formula is C32H22N8O12S4. The Morgan fingerprint density at radius 3 is 1.09 bits per heavy atom. The highest BCUT2D eigenvalue weighted by Gasteiger charge is 2.43. The van der Waals surface area contributed by atoms with Crippen molar-refractivity contribution in [3.63, 3.8) is 0 Å². The second kappa shape index (κ2) is 11.7. The van der Waals surface area contributed by atoms with E-state index < -0.39 is 82.1 Å². The van der Waals surface area contributed by atoms with Gasteiger partial charge in [0.05, 0.1) is 10.8 Å². The fraction of sp³-hybridized carbons (Fsp3) is 0. The van der Waals surface area contributed by atoms with E-state index in [1.807, 2.05) is 24.3 Å². The lowest BCUT2D eigenvalue weighted by Gasteiger charge is -2.14. The fourth-order valence-electron chi connectivity index (χ4n) is 7.02. The number of nitrogens with zero attached hydrogens (tertiary/aromatic N) is 2. The Balaban J connectivity index is 1.69. The van der Waals surface area contributed by atoms with Gasteiger partial charge in [0.2, 0.25) is 0 Å². The Labute approximate surface area is 311 Å². The highest BCUT2D eigenvalue weighted by Crippen LogP contribution is 2.44. The van der Waals surface area contributed by atoms with Crippen molar-refractivity contribution in [2.75, 3.05) is 0 Å². The zero-order chi connectivity index (χ0) is 39.7. The Morgan fingerprint density at radius 1 is 0.339 bits per heavy atom. The summed E-state index contributed by atoms with van der Waals surface area (Å²) in [6.07, 6.45) is 0. The van der Waals surface area contributed by atoms with Crippen molar-refractivity contribution in [3.8, 4) is 0 Å². The Bertz CT molecular complexity index is 3590. The normalized spacial score (nSPS) is 13.2. The van der Waals surface area contributed by atoms with Crippen LogP contribution in [0.25, 0.3) is 88.3 Å². The Hall–Kier alpha value is -6.12. The lowest BCUT2D eigenvalue weighted by atomic mass is 10.2. The van der Waals surface area contributed by atoms with Crippen LogP contribution in [0.2, 0.25) is 0 Å². The van der Waals surface area contributed by atoms with E-state index in [0.717, 1.165) is 5.39 Å². The molecule has 0 saturated heterocycles. The van der Waals surface area contributed by atoms with Crippen LogP contribution in [0.15, 0.2) is 92.4 Å². The molecule has 56 heavy (non-hydrogen) atoms. The largest absolute Gasteiger partial charge is 0.327 e. The zero-order valence-corrected chi connectivity index (χ0v) is 30.8. The van der Waals surface area contributed by atoms with Crippen molar-refractivity contribution in [2.24, 2.45) is 0 Å². The standard InChI is InChI=1S/C32H22N8O12S4/c41-53(42,43)21-19-20(22(54(44,45)46)24(56(50,51)52)23(21)55(47,48)49)32-39-30-18-12-6-4-10-16(18)28(37-30)35-26-14-8-2-1-7-13(14)25(33-26)34-27-15-9-3-5-11-17(15)29(36-27)38-31(19)40-32/h1-12,33-34,36,38,40H,(H,35,37,39)(H,41,42,43)(H,44,45,46)(H,47,48,49)(H,50,51,52). The van der Waals surface area contributed by atoms with Gasteiger partial charge in [-0.05, 0) is 0 Å². The molecule has 0 aliphatic carbocycles. The van der Waals surface area contributed by atoms with Gasteiger partial charge in [0.1, 0.15) is 64.8 Å². The molecule has 9 rings (SSSR count). The van der Waals surface area contributed by atoms with Gasteiger partial charge in [0.25, 0.3) is 40.5 Å². The first kappa shape index (κ1) is 35.6. The lowest BCUT2D eigenvalue weighted by Crippen LogP contribution is -2.19. The van der Waals surface area contributed by atoms with E-state index in [9.17, 15) is 51.9 Å². The van der Waals surface area contributed by atoms with Crippen LogP contribution in [0.5, 0.6) is 0 Å². The third-order valence-corrected chi connectivity index (χ3v) is 13.2. The molecule has 0 spiro atoms. The van der Waals surface area contributed by atoms with Crippen LogP contribution in [0, 0.1) is 0 Å². The summed E-state index contributed by atoms with van der Waals surface area (Å²) in [6, 6.07) is 20.6. The van der Waals surface area contributed by atoms with E-state index in [4.69, 9.17) is 4.98 Å². The summed E-state index contributed by atoms with van der Waals surface area (Å²) in [5, 5.41) is 0.884. The Kier molecular flexibility index (Phi) is 7.43. The van der Waals surface area contributed by atoms with Crippen molar-refractivity contribution < 1.29 is 51.9 Å². The van der Waals surface area contributed by atoms with Crippen LogP contribution < -0.4 is 0 Å². The van der Waals surface area contributed by atoms with Crippen LogP contribution in [-0.2, 0) is 40.5 Å². The third kappa shape index (κ3) is 5.46. The van der Waals surface area contributed by atoms with Crippen LogP contribution >= 0.6 is 0 Å². The van der Waals surface area contributed by atoms with Gasteiger partial charge in [-0.3, -0.25) is 18.2 Å². The summed E-state index contributed by atoms with van der Waals surface area (Å²) < 4.78 is 146. The fourth-order valence-corrected chi connectivity index (χ4v) is 12.0. The van der Waals surface area contributed by atoms with Gasteiger partial charge in [-0.1, -0.05) is 72.8 Å². The molecule has 8 bridgehead atoms. The van der Waals surface area contributed by atoms with Crippen LogP contribution in [0.4, 0.5) is 0 Å². The van der Waals surface area contributed by atoms with Gasteiger partial charge < -0.3 is 29.9 Å². The van der Waals surface area contributed by atoms with Crippen LogP contribution in [0.3, 0.4) is 0 Å². The zero-order valence-electron chi connectivity index (χ0n) is 27.5. The highest BCUT2D eigenvalue weighted by atomic mass is 32.2. The summed E-state index contributed by atoms with van der Waals surface area (Å²) in [6.45, 7) is 0. The van der Waals surface area contributed by atoms with Crippen LogP contribution in [-0.4, -0.2) is 91.8 Å². The maximum Gasteiger partial charge on any atom is 0.297 e. The Morgan fingerprint density at radius 2 is 0.643 bits per heavy atom. The number of aromatic nitrogens is 8. The summed E-state index contributed by atoms with van der Waals surface area (Å²) >= 11 is 0. The molecular weight excluding hydrogens is 817 g/mol. The highest BCUT2D eigenvalue weighted by molar-refractivity contribution is 7.91. The average Bonchev–Trinajstić information content (AvgIpc) is 3.84. The predicted molar refractivity (Wildman–Crippen MR) is 203 cm³/mol. The number of aromatic amines is 6. The molecule has 0 radical (unpaired) electrons. The van der Waals surface area contributed by atoms with Crippen molar-refractivity contribution in [2.45, 2.75) is 19.6 Å². The maximum atomic E-state index is 13.2. The molecule has 0 saturated carbocycles. The van der Waals surface area contributed by atoms with E-state index in [2.05, 4.69) is 34.9 Å². The predicted octanol–water partition coefficient (Wildman–Crippen LogP) is 4.91. The van der Waals surface area contributed by atoms with Gasteiger partial charge in [-0.2, -0.15) is 33.7 Å². The van der Waals surface area contributed by atoms with Gasteiger partial charge in [-0.15, -0.1) is 0 Å². The second-order valence-corrected chi connectivity index (χ2v) is 17.9. The third-order valence-electron chi connectivity index (χ3n) is 9.12. The van der Waals surface area contributed by atoms with E-state index >= 15 is 0 Å². The van der Waals surface area contributed by atoms with E-state index in [1.165, 1.54) is 0 Å². The molecule has 10 N–H and O–H groups in total. The van der Waals surface area contributed by atoms with E-state index in [0.29, 0.717) is 43.9 Å². The molecule has 0 unspecified atom stereocenters. The summed E-state index contributed by atoms with van der Waals surface area (Å²) in [5.74, 6) is 0. The number of fused-ring (bicyclic) bond motifs is 20. The van der Waals surface area contributed by atoms with Gasteiger partial charge >= 0.3 is 0 Å². The smallest absolute Gasteiger partial charge is 0.297 e. The molecule has 5 aromatic heterocycles. The molecule has 0 atom stereocenters. The first-order chi connectivity index (χ1) is 26.3. The minimum Gasteiger partial charge on any atom is -0.327 e. The van der Waals surface area contributed by atoms with Gasteiger partial charge in [0.15, 0.2) is 0 Å². The van der Waals surface area contributed by atoms with Crippen molar-refractivity contribution >= 4 is 129 Å². The van der Waals surface area contributed by atoms with Crippen molar-refractivity contribution in [3.05, 3.63) is 72.8 Å². The molecule has 0 amide bonds.